The molecule has 0 spiro atoms. The highest BCUT2D eigenvalue weighted by atomic mass is 16.6. The normalized spacial score (nSPS) is 12.4. The number of unbranched alkanes of at least 4 members (excludes halogenated alkanes) is 1. The summed E-state index contributed by atoms with van der Waals surface area (Å²) in [5.74, 6) is -1.73. The van der Waals surface area contributed by atoms with Gasteiger partial charge in [-0.3, -0.25) is 9.63 Å². The molecule has 11 nitrogen and oxygen atoms in total. The molecule has 202 valence electrons. The van der Waals surface area contributed by atoms with Crippen LogP contribution >= 0.6 is 0 Å². The lowest BCUT2D eigenvalue weighted by Crippen LogP contribution is -2.45. The van der Waals surface area contributed by atoms with Crippen LogP contribution in [-0.4, -0.2) is 64.4 Å². The highest BCUT2D eigenvalue weighted by Crippen LogP contribution is 2.15. The average molecular weight is 510 g/mol. The van der Waals surface area contributed by atoms with E-state index < -0.39 is 41.3 Å². The number of carboxylic acid groups (broad SMARTS) is 1. The fourth-order valence-electron chi connectivity index (χ4n) is 2.84. The number of nitrogens with zero attached hydrogens (tertiary/aromatic N) is 1. The van der Waals surface area contributed by atoms with Gasteiger partial charge in [-0.25, -0.2) is 19.3 Å². The second-order valence-corrected chi connectivity index (χ2v) is 10.2. The van der Waals surface area contributed by atoms with Crippen LogP contribution in [0.3, 0.4) is 0 Å². The van der Waals surface area contributed by atoms with Crippen molar-refractivity contribution in [3.05, 3.63) is 35.9 Å². The minimum absolute atomic E-state index is 0.0288. The van der Waals surface area contributed by atoms with E-state index in [4.69, 9.17) is 14.3 Å². The Morgan fingerprint density at radius 3 is 1.97 bits per heavy atom. The first-order valence-corrected chi connectivity index (χ1v) is 11.8. The molecular formula is C25H39N3O8. The zero-order valence-corrected chi connectivity index (χ0v) is 22.0. The minimum Gasteiger partial charge on any atom is -0.480 e. The summed E-state index contributed by atoms with van der Waals surface area (Å²) < 4.78 is 10.6. The maximum absolute atomic E-state index is 12.5. The summed E-state index contributed by atoms with van der Waals surface area (Å²) in [6, 6.07) is 8.21. The van der Waals surface area contributed by atoms with E-state index in [0.29, 0.717) is 6.42 Å². The summed E-state index contributed by atoms with van der Waals surface area (Å²) in [4.78, 5) is 54.8. The number of carbonyl (C=O) groups is 4. The highest BCUT2D eigenvalue weighted by Gasteiger charge is 2.31. The third kappa shape index (κ3) is 13.6. The number of aliphatic carboxylic acids is 1. The van der Waals surface area contributed by atoms with Gasteiger partial charge >= 0.3 is 18.2 Å². The summed E-state index contributed by atoms with van der Waals surface area (Å²) in [7, 11) is 0. The van der Waals surface area contributed by atoms with E-state index in [-0.39, 0.29) is 32.5 Å². The lowest BCUT2D eigenvalue weighted by Gasteiger charge is -2.28. The predicted octanol–water partition coefficient (Wildman–Crippen LogP) is 3.62. The van der Waals surface area contributed by atoms with E-state index in [1.807, 2.05) is 30.3 Å². The van der Waals surface area contributed by atoms with Crippen LogP contribution in [0, 0.1) is 0 Å². The van der Waals surface area contributed by atoms with Crippen molar-refractivity contribution in [3.63, 3.8) is 0 Å². The van der Waals surface area contributed by atoms with Crippen molar-refractivity contribution in [1.29, 1.82) is 0 Å². The molecule has 11 heteroatoms. The van der Waals surface area contributed by atoms with Crippen molar-refractivity contribution in [1.82, 2.24) is 15.7 Å². The molecular weight excluding hydrogens is 470 g/mol. The molecule has 0 saturated carbocycles. The van der Waals surface area contributed by atoms with E-state index in [2.05, 4.69) is 10.8 Å². The van der Waals surface area contributed by atoms with Crippen molar-refractivity contribution in [2.45, 2.75) is 84.7 Å². The largest absolute Gasteiger partial charge is 0.480 e. The molecule has 3 amide bonds. The summed E-state index contributed by atoms with van der Waals surface area (Å²) in [5, 5.41) is 11.9. The quantitative estimate of drug-likeness (QED) is 0.284. The number of amides is 3. The van der Waals surface area contributed by atoms with Crippen molar-refractivity contribution in [2.24, 2.45) is 0 Å². The predicted molar refractivity (Wildman–Crippen MR) is 132 cm³/mol. The first-order valence-electron chi connectivity index (χ1n) is 11.8. The number of nitrogens with one attached hydrogen (secondary N) is 2. The molecule has 1 aromatic carbocycles. The number of hydroxylamine groups is 1. The number of hydrogen-bond donors (Lipinski definition) is 3. The number of benzene rings is 1. The third-order valence-electron chi connectivity index (χ3n) is 4.40. The fourth-order valence-corrected chi connectivity index (χ4v) is 2.84. The molecule has 0 heterocycles. The van der Waals surface area contributed by atoms with Crippen LogP contribution < -0.4 is 10.8 Å². The van der Waals surface area contributed by atoms with Gasteiger partial charge in [0.15, 0.2) is 0 Å². The second kappa shape index (κ2) is 14.4. The van der Waals surface area contributed by atoms with Crippen LogP contribution in [-0.2, 0) is 30.5 Å². The molecule has 1 atom stereocenters. The molecule has 0 bridgehead atoms. The molecule has 1 rings (SSSR count). The van der Waals surface area contributed by atoms with Crippen LogP contribution in [0.2, 0.25) is 0 Å². The number of ether oxygens (including phenoxy) is 2. The molecule has 3 N–H and O–H groups in total. The maximum atomic E-state index is 12.5. The SMILES string of the molecule is CC(C)(C)OC(=O)N(CCCC[C@H](NC(=O)CNOCc1ccccc1)C(=O)O)C(=O)OC(C)(C)C. The van der Waals surface area contributed by atoms with Gasteiger partial charge in [-0.05, 0) is 66.4 Å². The summed E-state index contributed by atoms with van der Waals surface area (Å²) >= 11 is 0. The minimum atomic E-state index is -1.19. The van der Waals surface area contributed by atoms with E-state index in [9.17, 15) is 24.3 Å². The van der Waals surface area contributed by atoms with Gasteiger partial charge in [0.2, 0.25) is 5.91 Å². The number of hydrogen-bond acceptors (Lipinski definition) is 8. The molecule has 0 radical (unpaired) electrons. The Bertz CT molecular complexity index is 834. The van der Waals surface area contributed by atoms with Gasteiger partial charge in [-0.2, -0.15) is 5.48 Å². The van der Waals surface area contributed by atoms with Crippen molar-refractivity contribution >= 4 is 24.1 Å². The standard InChI is InChI=1S/C25H39N3O8/c1-24(2,3)35-22(32)28(23(33)36-25(4,5)6)15-11-10-14-19(21(30)31)27-20(29)16-26-34-17-18-12-8-7-9-13-18/h7-9,12-13,19,26H,10-11,14-17H2,1-6H3,(H,27,29)(H,30,31)/t19-/m0/s1. The first kappa shape index (κ1) is 30.9. The molecule has 1 aromatic rings. The van der Waals surface area contributed by atoms with E-state index in [1.54, 1.807) is 41.5 Å². The lowest BCUT2D eigenvalue weighted by atomic mass is 10.1. The Balaban J connectivity index is 2.53. The van der Waals surface area contributed by atoms with Crippen LogP contribution in [0.1, 0.15) is 66.4 Å². The molecule has 0 unspecified atom stereocenters. The Kier molecular flexibility index (Phi) is 12.3. The van der Waals surface area contributed by atoms with Crippen LogP contribution in [0.4, 0.5) is 9.59 Å². The first-order chi connectivity index (χ1) is 16.7. The second-order valence-electron chi connectivity index (χ2n) is 10.2. The molecule has 0 aliphatic carbocycles. The van der Waals surface area contributed by atoms with Crippen LogP contribution in [0.5, 0.6) is 0 Å². The van der Waals surface area contributed by atoms with Gasteiger partial charge in [0.05, 0.1) is 13.2 Å². The zero-order chi connectivity index (χ0) is 27.4. The molecule has 0 saturated heterocycles. The van der Waals surface area contributed by atoms with Gasteiger partial charge in [-0.1, -0.05) is 30.3 Å². The number of rotatable bonds is 12. The lowest BCUT2D eigenvalue weighted by molar-refractivity contribution is -0.142. The highest BCUT2D eigenvalue weighted by molar-refractivity contribution is 5.88. The molecule has 0 aliphatic heterocycles. The maximum Gasteiger partial charge on any atom is 0.419 e. The summed E-state index contributed by atoms with van der Waals surface area (Å²) in [6.45, 7) is 10.1. The van der Waals surface area contributed by atoms with Gasteiger partial charge in [0.25, 0.3) is 0 Å². The number of carboxylic acids is 1. The molecule has 0 aliphatic rings. The Hall–Kier alpha value is -3.18. The topological polar surface area (TPSA) is 144 Å². The van der Waals surface area contributed by atoms with Gasteiger partial charge in [-0.15, -0.1) is 0 Å². The smallest absolute Gasteiger partial charge is 0.419 e. The van der Waals surface area contributed by atoms with Crippen molar-refractivity contribution in [2.75, 3.05) is 13.1 Å². The molecule has 0 aromatic heterocycles. The van der Waals surface area contributed by atoms with E-state index in [1.165, 1.54) is 0 Å². The summed E-state index contributed by atoms with van der Waals surface area (Å²) in [6.07, 6.45) is -0.987. The van der Waals surface area contributed by atoms with Gasteiger partial charge in [0.1, 0.15) is 17.2 Å². The van der Waals surface area contributed by atoms with E-state index >= 15 is 0 Å². The number of carbonyl (C=O) groups excluding carboxylic acids is 3. The van der Waals surface area contributed by atoms with Gasteiger partial charge in [0, 0.05) is 6.54 Å². The van der Waals surface area contributed by atoms with Crippen molar-refractivity contribution in [3.8, 4) is 0 Å². The van der Waals surface area contributed by atoms with Crippen LogP contribution in [0.15, 0.2) is 30.3 Å². The Labute approximate surface area is 212 Å². The molecule has 0 fully saturated rings. The fraction of sp³-hybridized carbons (Fsp3) is 0.600. The summed E-state index contributed by atoms with van der Waals surface area (Å²) in [5.41, 5.74) is 1.80. The molecule has 36 heavy (non-hydrogen) atoms. The zero-order valence-electron chi connectivity index (χ0n) is 22.0. The number of imide groups is 1. The van der Waals surface area contributed by atoms with E-state index in [0.717, 1.165) is 10.5 Å². The monoisotopic (exact) mass is 509 g/mol. The van der Waals surface area contributed by atoms with Crippen LogP contribution in [0.25, 0.3) is 0 Å². The van der Waals surface area contributed by atoms with Gasteiger partial charge < -0.3 is 19.9 Å². The average Bonchev–Trinajstić information content (AvgIpc) is 2.73. The van der Waals surface area contributed by atoms with Crippen molar-refractivity contribution < 1.29 is 38.6 Å². The Morgan fingerprint density at radius 2 is 1.47 bits per heavy atom. The Morgan fingerprint density at radius 1 is 0.917 bits per heavy atom. The third-order valence-corrected chi connectivity index (χ3v) is 4.40.